The van der Waals surface area contributed by atoms with E-state index in [0.29, 0.717) is 0 Å². The van der Waals surface area contributed by atoms with E-state index in [1.807, 2.05) is 107 Å². The maximum absolute atomic E-state index is 9.96. The first-order chi connectivity index (χ1) is 20.1. The molecule has 0 aliphatic carbocycles. The molecule has 0 spiro atoms. The van der Waals surface area contributed by atoms with Gasteiger partial charge in [0, 0.05) is 67.9 Å². The van der Waals surface area contributed by atoms with Gasteiger partial charge in [-0.25, -0.2) is 9.78 Å². The van der Waals surface area contributed by atoms with Crippen molar-refractivity contribution >= 4 is 18.6 Å². The molecule has 4 rings (SSSR count). The van der Waals surface area contributed by atoms with E-state index in [1.54, 1.807) is 35.2 Å². The van der Waals surface area contributed by atoms with Gasteiger partial charge in [-0.3, -0.25) is 16.4 Å². The SMILES string of the molecule is CC(C)(O)C(C)(C)O.C[C-](C)C(C)(C)O[B]c1ccc(C2[C@@H](OO)[C@H](OO)C(c3cc[c-]cc3)N2c2ccccc2)cc1.[U].[U]. The van der Waals surface area contributed by atoms with Crippen LogP contribution in [0.25, 0.3) is 0 Å². The van der Waals surface area contributed by atoms with E-state index in [9.17, 15) is 10.5 Å². The van der Waals surface area contributed by atoms with Crippen molar-refractivity contribution in [2.24, 2.45) is 0 Å². The number of para-hydroxylation sites is 1. The molecule has 4 atom stereocenters. The minimum absolute atomic E-state index is 0. The molecule has 1 heterocycles. The topological polar surface area (TPSA) is 112 Å². The Bertz CT molecular complexity index is 1240. The van der Waals surface area contributed by atoms with Gasteiger partial charge in [0.25, 0.3) is 0 Å². The summed E-state index contributed by atoms with van der Waals surface area (Å²) in [6, 6.07) is 27.4. The number of nitrogens with zero attached hydrogens (tertiary/aromatic N) is 1. The van der Waals surface area contributed by atoms with Crippen LogP contribution >= 0.6 is 0 Å². The van der Waals surface area contributed by atoms with Crippen molar-refractivity contribution in [3.05, 3.63) is 102 Å². The average molecular weight is 1070 g/mol. The van der Waals surface area contributed by atoms with E-state index < -0.39 is 35.5 Å². The zero-order valence-corrected chi connectivity index (χ0v) is 35.7. The number of aliphatic hydroxyl groups is 2. The molecule has 241 valence electrons. The third kappa shape index (κ3) is 10.9. The van der Waals surface area contributed by atoms with Crippen LogP contribution in [0, 0.1) is 74.2 Å². The van der Waals surface area contributed by atoms with E-state index in [1.165, 1.54) is 5.92 Å². The van der Waals surface area contributed by atoms with Crippen LogP contribution in [-0.4, -0.2) is 57.2 Å². The predicted octanol–water partition coefficient (Wildman–Crippen LogP) is 5.69. The maximum atomic E-state index is 9.96. The first kappa shape index (κ1) is 42.4. The van der Waals surface area contributed by atoms with Gasteiger partial charge >= 0.3 is 7.48 Å². The molecular formula is C34H45BNO7U2-2. The predicted molar refractivity (Wildman–Crippen MR) is 169 cm³/mol. The van der Waals surface area contributed by atoms with Gasteiger partial charge in [0.15, 0.2) is 0 Å². The number of anilines is 1. The zero-order valence-electron chi connectivity index (χ0n) is 27.4. The van der Waals surface area contributed by atoms with Crippen molar-refractivity contribution in [2.75, 3.05) is 4.90 Å². The van der Waals surface area contributed by atoms with E-state index >= 15 is 0 Å². The molecule has 0 bridgehead atoms. The van der Waals surface area contributed by atoms with E-state index in [4.69, 9.17) is 24.6 Å². The van der Waals surface area contributed by atoms with Crippen molar-refractivity contribution < 1.29 is 97.4 Å². The number of rotatable bonds is 10. The van der Waals surface area contributed by atoms with E-state index in [2.05, 4.69) is 11.0 Å². The van der Waals surface area contributed by atoms with Gasteiger partial charge in [0.2, 0.25) is 0 Å². The summed E-state index contributed by atoms with van der Waals surface area (Å²) < 4.78 is 5.99. The Morgan fingerprint density at radius 1 is 0.711 bits per heavy atom. The normalized spacial score (nSPS) is 20.1. The van der Waals surface area contributed by atoms with Crippen LogP contribution in [0.15, 0.2) is 78.9 Å². The third-order valence-electron chi connectivity index (χ3n) is 8.40. The summed E-state index contributed by atoms with van der Waals surface area (Å²) >= 11 is 0. The summed E-state index contributed by atoms with van der Waals surface area (Å²) in [4.78, 5) is 12.0. The summed E-state index contributed by atoms with van der Waals surface area (Å²) in [5, 5.41) is 38.1. The van der Waals surface area contributed by atoms with Crippen molar-refractivity contribution in [2.45, 2.75) is 96.5 Å². The number of hydrogen-bond acceptors (Lipinski definition) is 8. The van der Waals surface area contributed by atoms with Crippen molar-refractivity contribution in [3.63, 3.8) is 0 Å². The Morgan fingerprint density at radius 3 is 1.56 bits per heavy atom. The second-order valence-corrected chi connectivity index (χ2v) is 12.6. The van der Waals surface area contributed by atoms with E-state index in [0.717, 1.165) is 22.3 Å². The minimum atomic E-state index is -1.01. The Kier molecular flexibility index (Phi) is 17.1. The largest absolute Gasteiger partial charge is 0.460 e. The molecule has 4 N–H and O–H groups in total. The van der Waals surface area contributed by atoms with E-state index in [-0.39, 0.29) is 67.8 Å². The van der Waals surface area contributed by atoms with Crippen molar-refractivity contribution in [3.8, 4) is 0 Å². The molecule has 1 fully saturated rings. The molecule has 0 saturated carbocycles. The Balaban J connectivity index is 0.000000898. The Morgan fingerprint density at radius 2 is 1.16 bits per heavy atom. The van der Waals surface area contributed by atoms with Gasteiger partial charge in [-0.1, -0.05) is 67.4 Å². The third-order valence-corrected chi connectivity index (χ3v) is 8.40. The summed E-state index contributed by atoms with van der Waals surface area (Å²) in [6.45, 7) is 14.5. The van der Waals surface area contributed by atoms with Gasteiger partial charge in [-0.15, -0.1) is 5.56 Å². The van der Waals surface area contributed by atoms with Crippen molar-refractivity contribution in [1.29, 1.82) is 0 Å². The molecule has 3 aromatic rings. The summed E-state index contributed by atoms with van der Waals surface area (Å²) in [6.07, 6.45) is -1.69. The zero-order chi connectivity index (χ0) is 32.0. The minimum Gasteiger partial charge on any atom is -0.460 e. The monoisotopic (exact) mass is 1070 g/mol. The smallest absolute Gasteiger partial charge is 0.327 e. The maximum Gasteiger partial charge on any atom is 0.327 e. The standard InChI is InChI=1S/C28H31BNO5.C6H14O2.2U/c1-19(2)28(3,4)35-29-22-17-15-21(16-18-22)25-27(34-32)26(33-31)24(20-11-7-5-8-12-20)30(25)23-13-9-6-10-14-23;1-5(2,7)6(3,4)8;;/h6-18,24-27,31-32H,1-4H3;7-8H,1-4H3;;/q-2;;;/t24?,25?,26-,27-;;;/m1.../s1. The Hall–Kier alpha value is -0.651. The van der Waals surface area contributed by atoms with Gasteiger partial charge in [0.05, 0.1) is 23.3 Å². The fraction of sp³-hybridized carbons (Fsp3) is 0.441. The first-order valence-electron chi connectivity index (χ1n) is 14.4. The van der Waals surface area contributed by atoms with Gasteiger partial charge in [-0.05, 0) is 45.4 Å². The van der Waals surface area contributed by atoms with Gasteiger partial charge < -0.3 is 19.8 Å². The summed E-state index contributed by atoms with van der Waals surface area (Å²) in [5.74, 6) is 1.18. The second-order valence-electron chi connectivity index (χ2n) is 12.6. The van der Waals surface area contributed by atoms with Crippen LogP contribution in [0.5, 0.6) is 0 Å². The van der Waals surface area contributed by atoms with Gasteiger partial charge in [-0.2, -0.15) is 44.2 Å². The molecular weight excluding hydrogens is 1020 g/mol. The number of hydrogen-bond donors (Lipinski definition) is 4. The summed E-state index contributed by atoms with van der Waals surface area (Å²) in [5.41, 5.74) is 1.25. The quantitative estimate of drug-likeness (QED) is 0.0889. The second kappa shape index (κ2) is 18.2. The molecule has 2 unspecified atom stereocenters. The Labute approximate surface area is 316 Å². The molecule has 8 nitrogen and oxygen atoms in total. The average Bonchev–Trinajstić information content (AvgIpc) is 3.31. The first-order valence-corrected chi connectivity index (χ1v) is 14.4. The van der Waals surface area contributed by atoms with Crippen LogP contribution in [-0.2, 0) is 14.4 Å². The van der Waals surface area contributed by atoms with Gasteiger partial charge in [0.1, 0.15) is 12.2 Å². The van der Waals surface area contributed by atoms with Crippen LogP contribution in [0.3, 0.4) is 0 Å². The molecule has 1 aliphatic rings. The fourth-order valence-corrected chi connectivity index (χ4v) is 4.41. The molecule has 0 aromatic heterocycles. The molecule has 11 heteroatoms. The molecule has 1 saturated heterocycles. The summed E-state index contributed by atoms with van der Waals surface area (Å²) in [7, 11) is 1.75. The van der Waals surface area contributed by atoms with Crippen LogP contribution < -0.4 is 10.4 Å². The molecule has 1 radical (unpaired) electrons. The van der Waals surface area contributed by atoms with Crippen molar-refractivity contribution in [1.82, 2.24) is 0 Å². The number of benzene rings is 3. The molecule has 0 amide bonds. The molecule has 3 aromatic carbocycles. The molecule has 1 aliphatic heterocycles. The van der Waals surface area contributed by atoms with Crippen LogP contribution in [0.4, 0.5) is 5.69 Å². The molecule has 45 heavy (non-hydrogen) atoms. The van der Waals surface area contributed by atoms with Crippen LogP contribution in [0.1, 0.15) is 78.6 Å². The van der Waals surface area contributed by atoms with Crippen LogP contribution in [0.2, 0.25) is 0 Å². The fourth-order valence-electron chi connectivity index (χ4n) is 4.41.